The van der Waals surface area contributed by atoms with Crippen LogP contribution in [-0.4, -0.2) is 4.57 Å². The molecule has 0 unspecified atom stereocenters. The highest BCUT2D eigenvalue weighted by molar-refractivity contribution is 6.25. The Hall–Kier alpha value is -6.96. The molecule has 246 valence electrons. The fourth-order valence-corrected chi connectivity index (χ4v) is 8.82. The third kappa shape index (κ3) is 4.58. The minimum Gasteiger partial charge on any atom is -0.309 e. The molecule has 53 heavy (non-hydrogen) atoms. The van der Waals surface area contributed by atoms with E-state index in [-0.39, 0.29) is 0 Å². The lowest BCUT2D eigenvalue weighted by Crippen LogP contribution is -1.93. The van der Waals surface area contributed by atoms with Crippen molar-refractivity contribution < 1.29 is 0 Å². The van der Waals surface area contributed by atoms with Crippen LogP contribution >= 0.6 is 0 Å². The first kappa shape index (κ1) is 29.7. The summed E-state index contributed by atoms with van der Waals surface area (Å²) in [4.78, 5) is 0. The summed E-state index contributed by atoms with van der Waals surface area (Å²) in [6.45, 7) is 0. The summed E-state index contributed by atoms with van der Waals surface area (Å²) >= 11 is 0. The fraction of sp³-hybridized carbons (Fsp3) is 0. The van der Waals surface area contributed by atoms with E-state index < -0.39 is 0 Å². The molecule has 0 aliphatic heterocycles. The van der Waals surface area contributed by atoms with Gasteiger partial charge in [0, 0.05) is 16.5 Å². The van der Waals surface area contributed by atoms with Gasteiger partial charge in [-0.25, -0.2) is 0 Å². The highest BCUT2D eigenvalue weighted by Crippen LogP contribution is 2.46. The molecule has 10 aromatic carbocycles. The molecule has 0 aliphatic carbocycles. The summed E-state index contributed by atoms with van der Waals surface area (Å²) in [6, 6.07) is 73.5. The van der Waals surface area contributed by atoms with E-state index in [0.29, 0.717) is 0 Å². The van der Waals surface area contributed by atoms with E-state index in [1.165, 1.54) is 104 Å². The lowest BCUT2D eigenvalue weighted by molar-refractivity contribution is 1.18. The topological polar surface area (TPSA) is 4.93 Å². The zero-order valence-corrected chi connectivity index (χ0v) is 29.0. The molecule has 1 heterocycles. The number of benzene rings is 10. The van der Waals surface area contributed by atoms with Gasteiger partial charge in [0.05, 0.1) is 11.0 Å². The Balaban J connectivity index is 1.05. The van der Waals surface area contributed by atoms with E-state index in [1.54, 1.807) is 0 Å². The maximum atomic E-state index is 2.40. The molecule has 0 spiro atoms. The maximum absolute atomic E-state index is 2.40. The van der Waals surface area contributed by atoms with Crippen LogP contribution in [0.1, 0.15) is 0 Å². The molecular weight excluding hydrogens is 639 g/mol. The number of hydrogen-bond acceptors (Lipinski definition) is 0. The summed E-state index contributed by atoms with van der Waals surface area (Å²) in [5.74, 6) is 0. The SMILES string of the molecule is c1ccc2c(c1)cc(-c1c3ccccc3c(-c3ccc(-c4ccc(-n5c6ccccc6c6ccccc65)cc4)cc3)c3ccccc13)c1ccccc12. The van der Waals surface area contributed by atoms with Gasteiger partial charge in [-0.3, -0.25) is 0 Å². The predicted molar refractivity (Wildman–Crippen MR) is 227 cm³/mol. The first-order valence-electron chi connectivity index (χ1n) is 18.4. The molecule has 0 aliphatic rings. The average molecular weight is 672 g/mol. The molecular formula is C52H33N. The number of aromatic nitrogens is 1. The second-order valence-corrected chi connectivity index (χ2v) is 14.0. The van der Waals surface area contributed by atoms with Crippen molar-refractivity contribution in [3.8, 4) is 39.1 Å². The van der Waals surface area contributed by atoms with Crippen molar-refractivity contribution in [1.29, 1.82) is 0 Å². The molecule has 0 saturated carbocycles. The quantitative estimate of drug-likeness (QED) is 0.130. The molecule has 11 aromatic rings. The van der Waals surface area contributed by atoms with E-state index in [2.05, 4.69) is 205 Å². The van der Waals surface area contributed by atoms with Crippen molar-refractivity contribution in [2.75, 3.05) is 0 Å². The molecule has 1 aromatic heterocycles. The Bertz CT molecular complexity index is 3090. The van der Waals surface area contributed by atoms with Crippen LogP contribution in [0.25, 0.3) is 104 Å². The zero-order chi connectivity index (χ0) is 34.9. The Morgan fingerprint density at radius 2 is 0.660 bits per heavy atom. The maximum Gasteiger partial charge on any atom is 0.0541 e. The standard InChI is InChI=1S/C52H33N/c1-2-14-39-37(13-1)33-48(41-16-4-3-15-40(39)41)52-46-21-7-5-19-44(46)51(45-20-6-8-22-47(45)52)36-27-25-34(26-28-36)35-29-31-38(32-30-35)53-49-23-11-9-17-42(49)43-18-10-12-24-50(43)53/h1-33H. The van der Waals surface area contributed by atoms with E-state index in [1.807, 2.05) is 0 Å². The summed E-state index contributed by atoms with van der Waals surface area (Å²) < 4.78 is 2.37. The van der Waals surface area contributed by atoms with Gasteiger partial charge in [0.15, 0.2) is 0 Å². The molecule has 0 fully saturated rings. The Morgan fingerprint density at radius 3 is 1.23 bits per heavy atom. The van der Waals surface area contributed by atoms with Gasteiger partial charge in [-0.1, -0.05) is 170 Å². The summed E-state index contributed by atoms with van der Waals surface area (Å²) in [5, 5.41) is 12.7. The van der Waals surface area contributed by atoms with E-state index in [0.717, 1.165) is 0 Å². The summed E-state index contributed by atoms with van der Waals surface area (Å²) in [6.07, 6.45) is 0. The van der Waals surface area contributed by atoms with Crippen molar-refractivity contribution >= 4 is 64.9 Å². The smallest absolute Gasteiger partial charge is 0.0541 e. The normalized spacial score (nSPS) is 11.8. The monoisotopic (exact) mass is 671 g/mol. The molecule has 0 radical (unpaired) electrons. The number of nitrogens with zero attached hydrogens (tertiary/aromatic N) is 1. The van der Waals surface area contributed by atoms with Gasteiger partial charge in [-0.05, 0) is 107 Å². The first-order chi connectivity index (χ1) is 26.3. The lowest BCUT2D eigenvalue weighted by Gasteiger charge is -2.19. The van der Waals surface area contributed by atoms with Gasteiger partial charge in [0.25, 0.3) is 0 Å². The summed E-state index contributed by atoms with van der Waals surface area (Å²) in [5.41, 5.74) is 11.1. The van der Waals surface area contributed by atoms with Crippen LogP contribution < -0.4 is 0 Å². The van der Waals surface area contributed by atoms with Crippen LogP contribution in [0.15, 0.2) is 200 Å². The van der Waals surface area contributed by atoms with E-state index >= 15 is 0 Å². The zero-order valence-electron chi connectivity index (χ0n) is 29.0. The first-order valence-corrected chi connectivity index (χ1v) is 18.4. The minimum atomic E-state index is 1.17. The van der Waals surface area contributed by atoms with Gasteiger partial charge in [-0.2, -0.15) is 0 Å². The number of para-hydroxylation sites is 2. The summed E-state index contributed by atoms with van der Waals surface area (Å²) in [7, 11) is 0. The van der Waals surface area contributed by atoms with Crippen molar-refractivity contribution in [1.82, 2.24) is 4.57 Å². The molecule has 0 atom stereocenters. The molecule has 0 amide bonds. The third-order valence-electron chi connectivity index (χ3n) is 11.2. The minimum absolute atomic E-state index is 1.17. The Morgan fingerprint density at radius 1 is 0.264 bits per heavy atom. The predicted octanol–water partition coefficient (Wildman–Crippen LogP) is 14.4. The molecule has 1 nitrogen and oxygen atoms in total. The van der Waals surface area contributed by atoms with Gasteiger partial charge < -0.3 is 4.57 Å². The van der Waals surface area contributed by atoms with Crippen LogP contribution in [-0.2, 0) is 0 Å². The third-order valence-corrected chi connectivity index (χ3v) is 11.2. The van der Waals surface area contributed by atoms with Crippen molar-refractivity contribution in [3.63, 3.8) is 0 Å². The van der Waals surface area contributed by atoms with E-state index in [9.17, 15) is 0 Å². The van der Waals surface area contributed by atoms with Crippen LogP contribution in [0, 0.1) is 0 Å². The second kappa shape index (κ2) is 11.8. The van der Waals surface area contributed by atoms with Crippen LogP contribution in [0.3, 0.4) is 0 Å². The van der Waals surface area contributed by atoms with Gasteiger partial charge >= 0.3 is 0 Å². The van der Waals surface area contributed by atoms with Gasteiger partial charge in [0.2, 0.25) is 0 Å². The second-order valence-electron chi connectivity index (χ2n) is 14.0. The average Bonchev–Trinajstić information content (AvgIpc) is 3.57. The van der Waals surface area contributed by atoms with Crippen LogP contribution in [0.5, 0.6) is 0 Å². The Labute approximate surface area is 307 Å². The van der Waals surface area contributed by atoms with E-state index in [4.69, 9.17) is 0 Å². The Kier molecular flexibility index (Phi) is 6.62. The van der Waals surface area contributed by atoms with Crippen LogP contribution in [0.4, 0.5) is 0 Å². The van der Waals surface area contributed by atoms with Crippen molar-refractivity contribution in [3.05, 3.63) is 200 Å². The molecule has 0 N–H and O–H groups in total. The van der Waals surface area contributed by atoms with Crippen LogP contribution in [0.2, 0.25) is 0 Å². The number of rotatable bonds is 4. The molecule has 0 bridgehead atoms. The van der Waals surface area contributed by atoms with Gasteiger partial charge in [-0.15, -0.1) is 0 Å². The largest absolute Gasteiger partial charge is 0.309 e. The number of fused-ring (bicyclic) bond motifs is 8. The lowest BCUT2D eigenvalue weighted by atomic mass is 9.83. The van der Waals surface area contributed by atoms with Crippen molar-refractivity contribution in [2.45, 2.75) is 0 Å². The van der Waals surface area contributed by atoms with Gasteiger partial charge in [0.1, 0.15) is 0 Å². The molecule has 0 saturated heterocycles. The molecule has 11 rings (SSSR count). The highest BCUT2D eigenvalue weighted by Gasteiger charge is 2.19. The highest BCUT2D eigenvalue weighted by atomic mass is 15.0. The van der Waals surface area contributed by atoms with Crippen molar-refractivity contribution in [2.24, 2.45) is 0 Å². The number of hydrogen-bond donors (Lipinski definition) is 0. The molecule has 1 heteroatoms. The fourth-order valence-electron chi connectivity index (χ4n) is 8.82.